The number of hydrogen-bond donors (Lipinski definition) is 1. The molecule has 2 atom stereocenters. The number of methoxy groups -OCH3 is 1. The molecule has 1 amide bonds. The third kappa shape index (κ3) is 3.49. The van der Waals surface area contributed by atoms with E-state index in [9.17, 15) is 4.79 Å². The van der Waals surface area contributed by atoms with E-state index in [0.29, 0.717) is 13.2 Å². The van der Waals surface area contributed by atoms with Gasteiger partial charge in [-0.05, 0) is 18.1 Å². The Bertz CT molecular complexity index is 402. The lowest BCUT2D eigenvalue weighted by Gasteiger charge is -2.13. The Morgan fingerprint density at radius 1 is 1.61 bits per heavy atom. The van der Waals surface area contributed by atoms with Crippen LogP contribution in [-0.4, -0.2) is 36.2 Å². The first-order valence-corrected chi connectivity index (χ1v) is 7.65. The monoisotopic (exact) mass is 329 g/mol. The summed E-state index contributed by atoms with van der Waals surface area (Å²) >= 11 is 5.11. The maximum atomic E-state index is 12.0. The summed E-state index contributed by atoms with van der Waals surface area (Å²) in [5.41, 5.74) is 1.27. The van der Waals surface area contributed by atoms with E-state index in [1.807, 2.05) is 12.1 Å². The molecular formula is C13H16BrNO2S. The fourth-order valence-corrected chi connectivity index (χ4v) is 3.54. The summed E-state index contributed by atoms with van der Waals surface area (Å²) in [7, 11) is 1.65. The molecule has 1 aliphatic rings. The Balaban J connectivity index is 1.82. The molecule has 3 nitrogen and oxygen atoms in total. The number of carbonyl (C=O) groups is 1. The third-order valence-corrected chi connectivity index (χ3v) is 4.69. The van der Waals surface area contributed by atoms with Gasteiger partial charge in [0.15, 0.2) is 0 Å². The average molecular weight is 330 g/mol. The van der Waals surface area contributed by atoms with Crippen LogP contribution in [0.25, 0.3) is 0 Å². The number of carbonyl (C=O) groups excluding carboxylic acids is 1. The summed E-state index contributed by atoms with van der Waals surface area (Å²) in [5, 5.41) is 2.96. The van der Waals surface area contributed by atoms with E-state index in [0.717, 1.165) is 6.42 Å². The molecule has 0 radical (unpaired) electrons. The maximum absolute atomic E-state index is 12.0. The van der Waals surface area contributed by atoms with Crippen molar-refractivity contribution in [3.8, 4) is 0 Å². The van der Waals surface area contributed by atoms with Gasteiger partial charge in [-0.1, -0.05) is 34.1 Å². The van der Waals surface area contributed by atoms with Gasteiger partial charge >= 0.3 is 0 Å². The molecule has 0 bridgehead atoms. The minimum Gasteiger partial charge on any atom is -0.383 e. The number of fused-ring (bicyclic) bond motifs is 1. The fraction of sp³-hybridized carbons (Fsp3) is 0.462. The topological polar surface area (TPSA) is 38.3 Å². The minimum atomic E-state index is 0.00430. The van der Waals surface area contributed by atoms with E-state index in [1.54, 1.807) is 18.9 Å². The highest BCUT2D eigenvalue weighted by Gasteiger charge is 2.27. The predicted molar refractivity (Wildman–Crippen MR) is 77.4 cm³/mol. The highest BCUT2D eigenvalue weighted by Crippen LogP contribution is 2.36. The highest BCUT2D eigenvalue weighted by molar-refractivity contribution is 9.09. The number of halogens is 1. The number of hydrogen-bond acceptors (Lipinski definition) is 3. The van der Waals surface area contributed by atoms with Crippen LogP contribution in [0.2, 0.25) is 0 Å². The molecule has 0 aliphatic carbocycles. The third-order valence-electron chi connectivity index (χ3n) is 2.78. The highest BCUT2D eigenvalue weighted by atomic mass is 79.9. The molecule has 5 heteroatoms. The van der Waals surface area contributed by atoms with Gasteiger partial charge in [0.05, 0.1) is 16.7 Å². The van der Waals surface area contributed by atoms with E-state index in [4.69, 9.17) is 4.74 Å². The number of benzene rings is 1. The lowest BCUT2D eigenvalue weighted by Crippen LogP contribution is -2.37. The second-order valence-electron chi connectivity index (χ2n) is 4.22. The number of thioether (sulfide) groups is 1. The van der Waals surface area contributed by atoms with Gasteiger partial charge in [0.25, 0.3) is 0 Å². The molecule has 0 saturated carbocycles. The van der Waals surface area contributed by atoms with Crippen LogP contribution < -0.4 is 5.32 Å². The van der Waals surface area contributed by atoms with E-state index in [2.05, 4.69) is 33.4 Å². The Kier molecular flexibility index (Phi) is 5.09. The van der Waals surface area contributed by atoms with Crippen molar-refractivity contribution >= 4 is 33.6 Å². The first-order valence-electron chi connectivity index (χ1n) is 5.86. The second kappa shape index (κ2) is 6.59. The largest absolute Gasteiger partial charge is 0.383 e. The number of rotatable bonds is 5. The smallest absolute Gasteiger partial charge is 0.233 e. The van der Waals surface area contributed by atoms with Gasteiger partial charge in [-0.3, -0.25) is 4.79 Å². The van der Waals surface area contributed by atoms with Crippen LogP contribution in [0, 0.1) is 0 Å². The zero-order valence-electron chi connectivity index (χ0n) is 10.2. The molecule has 2 rings (SSSR count). The summed E-state index contributed by atoms with van der Waals surface area (Å²) in [6, 6.07) is 8.20. The average Bonchev–Trinajstić information content (AvgIpc) is 2.80. The van der Waals surface area contributed by atoms with Gasteiger partial charge in [-0.15, -0.1) is 11.8 Å². The Morgan fingerprint density at radius 2 is 2.39 bits per heavy atom. The molecule has 1 N–H and O–H groups in total. The first-order chi connectivity index (χ1) is 8.70. The number of alkyl halides is 1. The van der Waals surface area contributed by atoms with Crippen molar-refractivity contribution in [1.82, 2.24) is 5.32 Å². The quantitative estimate of drug-likeness (QED) is 0.842. The van der Waals surface area contributed by atoms with Gasteiger partial charge in [0.2, 0.25) is 5.91 Å². The molecule has 18 heavy (non-hydrogen) atoms. The lowest BCUT2D eigenvalue weighted by atomic mass is 10.1. The standard InChI is InChI=1S/C13H16BrNO2S/c1-17-8-10(14)7-15-13(16)12-6-9-4-2-3-5-11(9)18-12/h2-5,10,12H,6-8H2,1H3,(H,15,16). The van der Waals surface area contributed by atoms with E-state index >= 15 is 0 Å². The normalized spacial score (nSPS) is 19.3. The van der Waals surface area contributed by atoms with Crippen LogP contribution in [0.4, 0.5) is 0 Å². The van der Waals surface area contributed by atoms with Gasteiger partial charge in [-0.2, -0.15) is 0 Å². The van der Waals surface area contributed by atoms with Gasteiger partial charge in [0, 0.05) is 18.6 Å². The van der Waals surface area contributed by atoms with Crippen molar-refractivity contribution < 1.29 is 9.53 Å². The zero-order valence-corrected chi connectivity index (χ0v) is 12.6. The zero-order chi connectivity index (χ0) is 13.0. The molecule has 1 aromatic rings. The molecule has 0 fully saturated rings. The van der Waals surface area contributed by atoms with Gasteiger partial charge in [0.1, 0.15) is 0 Å². The Labute approximate surface area is 120 Å². The van der Waals surface area contributed by atoms with E-state index in [1.165, 1.54) is 10.5 Å². The summed E-state index contributed by atoms with van der Waals surface area (Å²) < 4.78 is 5.01. The predicted octanol–water partition coefficient (Wildman–Crippen LogP) is 2.23. The van der Waals surface area contributed by atoms with Crippen molar-refractivity contribution in [1.29, 1.82) is 0 Å². The number of nitrogens with one attached hydrogen (secondary N) is 1. The van der Waals surface area contributed by atoms with Crippen LogP contribution in [0.3, 0.4) is 0 Å². The second-order valence-corrected chi connectivity index (χ2v) is 6.76. The minimum absolute atomic E-state index is 0.00430. The maximum Gasteiger partial charge on any atom is 0.233 e. The lowest BCUT2D eigenvalue weighted by molar-refractivity contribution is -0.120. The van der Waals surface area contributed by atoms with Crippen LogP contribution in [0.15, 0.2) is 29.2 Å². The summed E-state index contributed by atoms with van der Waals surface area (Å²) in [6.07, 6.45) is 0.823. The molecule has 0 spiro atoms. The van der Waals surface area contributed by atoms with Crippen molar-refractivity contribution in [3.05, 3.63) is 29.8 Å². The number of ether oxygens (including phenoxy) is 1. The van der Waals surface area contributed by atoms with Gasteiger partial charge < -0.3 is 10.1 Å². The first kappa shape index (κ1) is 13.9. The summed E-state index contributed by atoms with van der Waals surface area (Å²) in [6.45, 7) is 1.19. The molecule has 1 heterocycles. The molecular weight excluding hydrogens is 314 g/mol. The van der Waals surface area contributed by atoms with Crippen LogP contribution in [0.1, 0.15) is 5.56 Å². The molecule has 0 aromatic heterocycles. The van der Waals surface area contributed by atoms with Crippen molar-refractivity contribution in [2.24, 2.45) is 0 Å². The molecule has 1 aliphatic heterocycles. The van der Waals surface area contributed by atoms with E-state index < -0.39 is 0 Å². The summed E-state index contributed by atoms with van der Waals surface area (Å²) in [5.74, 6) is 0.108. The summed E-state index contributed by atoms with van der Waals surface area (Å²) in [4.78, 5) is 13.4. The molecule has 1 aromatic carbocycles. The molecule has 0 saturated heterocycles. The Hall–Kier alpha value is -0.520. The van der Waals surface area contributed by atoms with Crippen LogP contribution in [0.5, 0.6) is 0 Å². The van der Waals surface area contributed by atoms with Crippen molar-refractivity contribution in [2.45, 2.75) is 21.4 Å². The fourth-order valence-electron chi connectivity index (χ4n) is 1.89. The van der Waals surface area contributed by atoms with Gasteiger partial charge in [-0.25, -0.2) is 0 Å². The molecule has 98 valence electrons. The Morgan fingerprint density at radius 3 is 3.11 bits per heavy atom. The van der Waals surface area contributed by atoms with E-state index in [-0.39, 0.29) is 16.0 Å². The molecule has 2 unspecified atom stereocenters. The van der Waals surface area contributed by atoms with Crippen LogP contribution in [-0.2, 0) is 16.0 Å². The van der Waals surface area contributed by atoms with Crippen LogP contribution >= 0.6 is 27.7 Å². The SMILES string of the molecule is COCC(Br)CNC(=O)C1Cc2ccccc2S1. The van der Waals surface area contributed by atoms with Crippen molar-refractivity contribution in [3.63, 3.8) is 0 Å². The van der Waals surface area contributed by atoms with Crippen molar-refractivity contribution in [2.75, 3.05) is 20.3 Å². The number of amides is 1.